The Balaban J connectivity index is 2.00. The average molecular weight is 263 g/mol. The van der Waals surface area contributed by atoms with Crippen LogP contribution < -0.4 is 5.32 Å². The van der Waals surface area contributed by atoms with Crippen molar-refractivity contribution in [1.82, 2.24) is 14.8 Å². The molecule has 8 nitrogen and oxygen atoms in total. The van der Waals surface area contributed by atoms with E-state index in [1.807, 2.05) is 6.20 Å². The molecule has 0 amide bonds. The highest BCUT2D eigenvalue weighted by atomic mass is 16.6. The van der Waals surface area contributed by atoms with Crippen molar-refractivity contribution in [2.75, 3.05) is 19.0 Å². The van der Waals surface area contributed by atoms with E-state index < -0.39 is 4.92 Å². The number of methoxy groups -OCH3 is 1. The van der Waals surface area contributed by atoms with E-state index in [2.05, 4.69) is 15.4 Å². The summed E-state index contributed by atoms with van der Waals surface area (Å²) in [5.74, 6) is 0.525. The van der Waals surface area contributed by atoms with Crippen LogP contribution in [0.25, 0.3) is 0 Å². The van der Waals surface area contributed by atoms with Gasteiger partial charge in [-0.3, -0.25) is 14.8 Å². The molecule has 1 N–H and O–H groups in total. The summed E-state index contributed by atoms with van der Waals surface area (Å²) >= 11 is 0. The number of aromatic nitrogens is 3. The van der Waals surface area contributed by atoms with Gasteiger partial charge in [0.2, 0.25) is 0 Å². The Labute approximate surface area is 109 Å². The maximum Gasteiger partial charge on any atom is 0.287 e. The number of nitrogens with one attached hydrogen (secondary N) is 1. The van der Waals surface area contributed by atoms with Crippen molar-refractivity contribution in [2.24, 2.45) is 0 Å². The second-order valence-corrected chi connectivity index (χ2v) is 3.77. The minimum absolute atomic E-state index is 0.0404. The number of nitrogens with zero attached hydrogens (tertiary/aromatic N) is 4. The van der Waals surface area contributed by atoms with Crippen LogP contribution in [0.2, 0.25) is 0 Å². The molecule has 0 aromatic carbocycles. The van der Waals surface area contributed by atoms with E-state index >= 15 is 0 Å². The number of nitro groups is 1. The molecule has 0 aliphatic rings. The zero-order valence-electron chi connectivity index (χ0n) is 10.3. The number of rotatable bonds is 6. The average Bonchev–Trinajstić information content (AvgIpc) is 2.84. The summed E-state index contributed by atoms with van der Waals surface area (Å²) in [4.78, 5) is 14.0. The maximum absolute atomic E-state index is 10.5. The van der Waals surface area contributed by atoms with Gasteiger partial charge in [-0.15, -0.1) is 0 Å². The van der Waals surface area contributed by atoms with Crippen LogP contribution in [0.3, 0.4) is 0 Å². The Morgan fingerprint density at radius 3 is 2.95 bits per heavy atom. The van der Waals surface area contributed by atoms with Gasteiger partial charge in [0, 0.05) is 19.4 Å². The first kappa shape index (κ1) is 13.0. The van der Waals surface area contributed by atoms with E-state index in [9.17, 15) is 10.1 Å². The Morgan fingerprint density at radius 1 is 1.47 bits per heavy atom. The Hall–Kier alpha value is -2.48. The summed E-state index contributed by atoms with van der Waals surface area (Å²) < 4.78 is 6.68. The molecule has 0 saturated heterocycles. The molecule has 0 saturated carbocycles. The molecule has 0 radical (unpaired) electrons. The highest BCUT2D eigenvalue weighted by Crippen LogP contribution is 2.16. The SMILES string of the molecule is COCCn1cc(Nc2ccc([N+](=O)[O-])cn2)cn1. The largest absolute Gasteiger partial charge is 0.383 e. The second-order valence-electron chi connectivity index (χ2n) is 3.77. The molecule has 0 bridgehead atoms. The van der Waals surface area contributed by atoms with E-state index in [0.717, 1.165) is 5.69 Å². The molecule has 2 heterocycles. The van der Waals surface area contributed by atoms with Crippen molar-refractivity contribution in [3.8, 4) is 0 Å². The lowest BCUT2D eigenvalue weighted by molar-refractivity contribution is -0.385. The maximum atomic E-state index is 10.5. The zero-order chi connectivity index (χ0) is 13.7. The first-order valence-electron chi connectivity index (χ1n) is 5.58. The number of hydrogen-bond donors (Lipinski definition) is 1. The van der Waals surface area contributed by atoms with Crippen LogP contribution in [-0.4, -0.2) is 33.4 Å². The summed E-state index contributed by atoms with van der Waals surface area (Å²) in [6, 6.07) is 2.94. The summed E-state index contributed by atoms with van der Waals surface area (Å²) in [6.45, 7) is 1.24. The topological polar surface area (TPSA) is 95.1 Å². The van der Waals surface area contributed by atoms with Crippen LogP contribution in [0, 0.1) is 10.1 Å². The van der Waals surface area contributed by atoms with E-state index in [1.165, 1.54) is 12.3 Å². The molecule has 0 aliphatic carbocycles. The monoisotopic (exact) mass is 263 g/mol. The smallest absolute Gasteiger partial charge is 0.287 e. The molecular weight excluding hydrogens is 250 g/mol. The lowest BCUT2D eigenvalue weighted by Crippen LogP contribution is -2.03. The van der Waals surface area contributed by atoms with Gasteiger partial charge < -0.3 is 10.1 Å². The van der Waals surface area contributed by atoms with E-state index in [0.29, 0.717) is 19.0 Å². The van der Waals surface area contributed by atoms with Crippen molar-refractivity contribution in [2.45, 2.75) is 6.54 Å². The van der Waals surface area contributed by atoms with E-state index in [-0.39, 0.29) is 5.69 Å². The first-order valence-corrected chi connectivity index (χ1v) is 5.58. The van der Waals surface area contributed by atoms with Crippen molar-refractivity contribution < 1.29 is 9.66 Å². The molecule has 0 atom stereocenters. The van der Waals surface area contributed by atoms with Crippen LogP contribution in [0.15, 0.2) is 30.7 Å². The van der Waals surface area contributed by atoms with Crippen LogP contribution in [-0.2, 0) is 11.3 Å². The summed E-state index contributed by atoms with van der Waals surface area (Å²) in [7, 11) is 1.63. The molecule has 2 aromatic heterocycles. The predicted molar refractivity (Wildman–Crippen MR) is 68.3 cm³/mol. The minimum atomic E-state index is -0.487. The summed E-state index contributed by atoms with van der Waals surface area (Å²) in [5.41, 5.74) is 0.721. The van der Waals surface area contributed by atoms with Crippen molar-refractivity contribution in [3.05, 3.63) is 40.8 Å². The van der Waals surface area contributed by atoms with Crippen LogP contribution >= 0.6 is 0 Å². The fourth-order valence-corrected chi connectivity index (χ4v) is 1.45. The number of anilines is 2. The van der Waals surface area contributed by atoms with Gasteiger partial charge >= 0.3 is 0 Å². The molecule has 2 rings (SSSR count). The molecule has 0 unspecified atom stereocenters. The quantitative estimate of drug-likeness (QED) is 0.628. The highest BCUT2D eigenvalue weighted by Gasteiger charge is 2.06. The van der Waals surface area contributed by atoms with Crippen molar-refractivity contribution in [1.29, 1.82) is 0 Å². The van der Waals surface area contributed by atoms with Gasteiger partial charge in [-0.2, -0.15) is 5.10 Å². The third-order valence-corrected chi connectivity index (χ3v) is 2.39. The Kier molecular flexibility index (Phi) is 4.04. The standard InChI is InChI=1S/C11H13N5O3/c1-19-5-4-15-8-9(6-13-15)14-11-3-2-10(7-12-11)16(17)18/h2-3,6-8H,4-5H2,1H3,(H,12,14). The third-order valence-electron chi connectivity index (χ3n) is 2.39. The molecule has 8 heteroatoms. The van der Waals surface area contributed by atoms with Crippen LogP contribution in [0.5, 0.6) is 0 Å². The number of hydrogen-bond acceptors (Lipinski definition) is 6. The van der Waals surface area contributed by atoms with Gasteiger partial charge in [0.1, 0.15) is 12.0 Å². The minimum Gasteiger partial charge on any atom is -0.383 e. The fraction of sp³-hybridized carbons (Fsp3) is 0.273. The first-order chi connectivity index (χ1) is 9.19. The van der Waals surface area contributed by atoms with Gasteiger partial charge in [-0.1, -0.05) is 0 Å². The van der Waals surface area contributed by atoms with Gasteiger partial charge in [0.05, 0.1) is 30.0 Å². The van der Waals surface area contributed by atoms with Gasteiger partial charge in [-0.25, -0.2) is 4.98 Å². The Bertz CT molecular complexity index is 552. The molecule has 2 aromatic rings. The second kappa shape index (κ2) is 5.91. The highest BCUT2D eigenvalue weighted by molar-refractivity contribution is 5.54. The number of ether oxygens (including phenoxy) is 1. The van der Waals surface area contributed by atoms with Crippen LogP contribution in [0.4, 0.5) is 17.2 Å². The van der Waals surface area contributed by atoms with Gasteiger partial charge in [-0.05, 0) is 6.07 Å². The molecule has 0 aliphatic heterocycles. The van der Waals surface area contributed by atoms with E-state index in [4.69, 9.17) is 4.74 Å². The predicted octanol–water partition coefficient (Wildman–Crippen LogP) is 1.58. The fourth-order valence-electron chi connectivity index (χ4n) is 1.45. The van der Waals surface area contributed by atoms with Crippen LogP contribution in [0.1, 0.15) is 0 Å². The lowest BCUT2D eigenvalue weighted by Gasteiger charge is -2.01. The van der Waals surface area contributed by atoms with Crippen molar-refractivity contribution in [3.63, 3.8) is 0 Å². The molecular formula is C11H13N5O3. The Morgan fingerprint density at radius 2 is 2.32 bits per heavy atom. The zero-order valence-corrected chi connectivity index (χ0v) is 10.3. The van der Waals surface area contributed by atoms with Crippen molar-refractivity contribution >= 4 is 17.2 Å². The van der Waals surface area contributed by atoms with E-state index in [1.54, 1.807) is 24.1 Å². The molecule has 100 valence electrons. The van der Waals surface area contributed by atoms with Gasteiger partial charge in [0.15, 0.2) is 0 Å². The molecule has 0 fully saturated rings. The molecule has 19 heavy (non-hydrogen) atoms. The summed E-state index contributed by atoms with van der Waals surface area (Å²) in [5, 5.41) is 17.6. The number of pyridine rings is 1. The normalized spacial score (nSPS) is 10.4. The molecule has 0 spiro atoms. The van der Waals surface area contributed by atoms with Gasteiger partial charge in [0.25, 0.3) is 5.69 Å². The third kappa shape index (κ3) is 3.49. The summed E-state index contributed by atoms with van der Waals surface area (Å²) in [6.07, 6.45) is 4.67. The lowest BCUT2D eigenvalue weighted by atomic mass is 10.4.